The molecule has 0 bridgehead atoms. The Bertz CT molecular complexity index is 365. The van der Waals surface area contributed by atoms with Gasteiger partial charge in [0.2, 0.25) is 5.88 Å². The Morgan fingerprint density at radius 1 is 1.53 bits per heavy atom. The van der Waals surface area contributed by atoms with Crippen molar-refractivity contribution in [3.05, 3.63) is 18.1 Å². The summed E-state index contributed by atoms with van der Waals surface area (Å²) in [6.45, 7) is 1.09. The van der Waals surface area contributed by atoms with Crippen LogP contribution >= 0.6 is 0 Å². The molecule has 0 saturated carbocycles. The molecule has 1 aliphatic rings. The van der Waals surface area contributed by atoms with Crippen molar-refractivity contribution in [1.82, 2.24) is 9.97 Å². The molecule has 6 heteroatoms. The molecule has 6 nitrogen and oxygen atoms in total. The van der Waals surface area contributed by atoms with Crippen LogP contribution in [0.25, 0.3) is 0 Å². The normalized spacial score (nSPS) is 15.5. The quantitative estimate of drug-likeness (QED) is 0.656. The van der Waals surface area contributed by atoms with Crippen molar-refractivity contribution in [2.45, 2.75) is 6.10 Å². The molecule has 0 radical (unpaired) electrons. The average Bonchev–Trinajstić information content (AvgIpc) is 2.23. The summed E-state index contributed by atoms with van der Waals surface area (Å²) >= 11 is 0. The minimum Gasteiger partial charge on any atom is -0.468 e. The van der Waals surface area contributed by atoms with Gasteiger partial charge in [0, 0.05) is 0 Å². The summed E-state index contributed by atoms with van der Waals surface area (Å²) < 4.78 is 14.8. The van der Waals surface area contributed by atoms with Crippen LogP contribution in [0.3, 0.4) is 0 Å². The summed E-state index contributed by atoms with van der Waals surface area (Å²) in [7, 11) is 1.29. The fourth-order valence-corrected chi connectivity index (χ4v) is 1.06. The second-order valence-corrected chi connectivity index (χ2v) is 3.01. The molecule has 0 aromatic carbocycles. The third-order valence-electron chi connectivity index (χ3n) is 1.90. The molecule has 80 valence electrons. The van der Waals surface area contributed by atoms with E-state index in [1.165, 1.54) is 19.5 Å². The summed E-state index contributed by atoms with van der Waals surface area (Å²) in [4.78, 5) is 18.9. The molecule has 2 rings (SSSR count). The van der Waals surface area contributed by atoms with Crippen molar-refractivity contribution in [3.63, 3.8) is 0 Å². The molecular weight excluding hydrogens is 200 g/mol. The highest BCUT2D eigenvalue weighted by molar-refractivity contribution is 5.86. The number of hydrogen-bond acceptors (Lipinski definition) is 6. The second kappa shape index (κ2) is 4.22. The maximum atomic E-state index is 11.1. The molecule has 1 fully saturated rings. The van der Waals surface area contributed by atoms with Crippen molar-refractivity contribution >= 4 is 5.97 Å². The highest BCUT2D eigenvalue weighted by Gasteiger charge is 2.21. The maximum absolute atomic E-state index is 11.1. The molecule has 1 aliphatic heterocycles. The van der Waals surface area contributed by atoms with Gasteiger partial charge in [0.15, 0.2) is 5.69 Å². The lowest BCUT2D eigenvalue weighted by Crippen LogP contribution is -2.38. The van der Waals surface area contributed by atoms with Crippen LogP contribution in [-0.4, -0.2) is 42.4 Å². The molecule has 0 amide bonds. The molecule has 1 aromatic heterocycles. The Hall–Kier alpha value is -1.69. The number of ether oxygens (including phenoxy) is 3. The Morgan fingerprint density at radius 3 is 2.93 bits per heavy atom. The lowest BCUT2D eigenvalue weighted by molar-refractivity contribution is -0.0815. The van der Waals surface area contributed by atoms with E-state index in [4.69, 9.17) is 9.47 Å². The highest BCUT2D eigenvalue weighted by Crippen LogP contribution is 2.12. The fraction of sp³-hybridized carbons (Fsp3) is 0.444. The van der Waals surface area contributed by atoms with Crippen molar-refractivity contribution in [3.8, 4) is 5.88 Å². The maximum Gasteiger partial charge on any atom is 0.358 e. The van der Waals surface area contributed by atoms with Crippen LogP contribution in [-0.2, 0) is 9.47 Å². The molecule has 2 heterocycles. The summed E-state index contributed by atoms with van der Waals surface area (Å²) in [5.41, 5.74) is 0.134. The summed E-state index contributed by atoms with van der Waals surface area (Å²) in [5, 5.41) is 0. The number of esters is 1. The number of methoxy groups -OCH3 is 1. The fourth-order valence-electron chi connectivity index (χ4n) is 1.06. The summed E-state index contributed by atoms with van der Waals surface area (Å²) in [6, 6.07) is 0. The van der Waals surface area contributed by atoms with E-state index in [2.05, 4.69) is 14.7 Å². The first-order chi connectivity index (χ1) is 7.29. The first kappa shape index (κ1) is 9.85. The van der Waals surface area contributed by atoms with Crippen molar-refractivity contribution < 1.29 is 19.0 Å². The van der Waals surface area contributed by atoms with E-state index in [0.717, 1.165) is 0 Å². The summed E-state index contributed by atoms with van der Waals surface area (Å²) in [6.07, 6.45) is 2.79. The van der Waals surface area contributed by atoms with Crippen molar-refractivity contribution in [1.29, 1.82) is 0 Å². The van der Waals surface area contributed by atoms with Gasteiger partial charge in [-0.2, -0.15) is 0 Å². The Morgan fingerprint density at radius 2 is 2.33 bits per heavy atom. The van der Waals surface area contributed by atoms with E-state index in [1.807, 2.05) is 0 Å². The van der Waals surface area contributed by atoms with Crippen molar-refractivity contribution in [2.75, 3.05) is 20.3 Å². The van der Waals surface area contributed by atoms with Gasteiger partial charge in [-0.15, -0.1) is 0 Å². The van der Waals surface area contributed by atoms with Crippen LogP contribution in [0, 0.1) is 0 Å². The van der Waals surface area contributed by atoms with E-state index >= 15 is 0 Å². The zero-order valence-electron chi connectivity index (χ0n) is 8.17. The monoisotopic (exact) mass is 210 g/mol. The molecule has 0 aliphatic carbocycles. The second-order valence-electron chi connectivity index (χ2n) is 3.01. The van der Waals surface area contributed by atoms with E-state index in [-0.39, 0.29) is 11.8 Å². The van der Waals surface area contributed by atoms with Gasteiger partial charge in [0.05, 0.1) is 32.7 Å². The zero-order valence-corrected chi connectivity index (χ0v) is 8.17. The standard InChI is InChI=1S/C9H10N2O4/c1-13-9(12)7-2-10-3-8(11-7)15-6-4-14-5-6/h2-3,6H,4-5H2,1H3. The van der Waals surface area contributed by atoms with Crippen LogP contribution in [0.1, 0.15) is 10.5 Å². The van der Waals surface area contributed by atoms with E-state index in [0.29, 0.717) is 19.1 Å². The predicted molar refractivity (Wildman–Crippen MR) is 48.6 cm³/mol. The van der Waals surface area contributed by atoms with Gasteiger partial charge in [0.1, 0.15) is 6.10 Å². The van der Waals surface area contributed by atoms with Gasteiger partial charge in [-0.1, -0.05) is 0 Å². The van der Waals surface area contributed by atoms with E-state index < -0.39 is 5.97 Å². The predicted octanol–water partition coefficient (Wildman–Crippen LogP) is 0.0408. The SMILES string of the molecule is COC(=O)c1cncc(OC2COC2)n1. The lowest BCUT2D eigenvalue weighted by Gasteiger charge is -2.25. The third-order valence-corrected chi connectivity index (χ3v) is 1.90. The largest absolute Gasteiger partial charge is 0.468 e. The number of hydrogen-bond donors (Lipinski definition) is 0. The number of nitrogens with zero attached hydrogens (tertiary/aromatic N) is 2. The van der Waals surface area contributed by atoms with Gasteiger partial charge in [-0.25, -0.2) is 9.78 Å². The molecule has 1 aromatic rings. The molecule has 1 saturated heterocycles. The zero-order chi connectivity index (χ0) is 10.7. The molecule has 0 N–H and O–H groups in total. The minimum absolute atomic E-state index is 0.00666. The van der Waals surface area contributed by atoms with Gasteiger partial charge in [0.25, 0.3) is 0 Å². The Labute approximate surface area is 86.2 Å². The Kier molecular flexibility index (Phi) is 2.77. The van der Waals surface area contributed by atoms with Crippen LogP contribution in [0.4, 0.5) is 0 Å². The first-order valence-electron chi connectivity index (χ1n) is 4.44. The molecular formula is C9H10N2O4. The lowest BCUT2D eigenvalue weighted by atomic mass is 10.3. The number of aromatic nitrogens is 2. The average molecular weight is 210 g/mol. The Balaban J connectivity index is 2.07. The van der Waals surface area contributed by atoms with Gasteiger partial charge in [-0.05, 0) is 0 Å². The van der Waals surface area contributed by atoms with E-state index in [9.17, 15) is 4.79 Å². The van der Waals surface area contributed by atoms with Crippen LogP contribution in [0.5, 0.6) is 5.88 Å². The topological polar surface area (TPSA) is 70.5 Å². The molecule has 15 heavy (non-hydrogen) atoms. The van der Waals surface area contributed by atoms with Gasteiger partial charge in [-0.3, -0.25) is 4.98 Å². The van der Waals surface area contributed by atoms with Crippen LogP contribution in [0.2, 0.25) is 0 Å². The first-order valence-corrected chi connectivity index (χ1v) is 4.44. The highest BCUT2D eigenvalue weighted by atomic mass is 16.6. The number of rotatable bonds is 3. The smallest absolute Gasteiger partial charge is 0.358 e. The minimum atomic E-state index is -0.530. The van der Waals surface area contributed by atoms with Crippen molar-refractivity contribution in [2.24, 2.45) is 0 Å². The summed E-state index contributed by atoms with van der Waals surface area (Å²) in [5.74, 6) is -0.219. The van der Waals surface area contributed by atoms with Crippen LogP contribution < -0.4 is 4.74 Å². The molecule has 0 atom stereocenters. The number of carbonyl (C=O) groups excluding carboxylic acids is 1. The number of carbonyl (C=O) groups is 1. The molecule has 0 spiro atoms. The van der Waals surface area contributed by atoms with E-state index in [1.54, 1.807) is 0 Å². The van der Waals surface area contributed by atoms with Gasteiger partial charge >= 0.3 is 5.97 Å². The van der Waals surface area contributed by atoms with Crippen LogP contribution in [0.15, 0.2) is 12.4 Å². The third kappa shape index (κ3) is 2.21. The molecule has 0 unspecified atom stereocenters. The van der Waals surface area contributed by atoms with Gasteiger partial charge < -0.3 is 14.2 Å².